The van der Waals surface area contributed by atoms with E-state index in [2.05, 4.69) is 179 Å². The van der Waals surface area contributed by atoms with Crippen LogP contribution in [0.4, 0.5) is 0 Å². The maximum atomic E-state index is 5.34. The molecule has 0 fully saturated rings. The fourth-order valence-corrected chi connectivity index (χ4v) is 9.94. The standard InChI is InChI=1S/C61H42N8/c1-67-60(42-24-10-4-11-25-42)65-59(66-61(67)43-26-12-5-13-27-43)45-29-19-31-47(37-45)69-53-35-17-15-33-49(53)51-38-50-48-32-14-16-34-52(48)68(54(50)39-55(51)69)46-30-18-28-44(36-46)58-63-56(40-20-6-2-7-21-40)62-57(64-58)41-22-8-3-9-23-41/h2-39,60H,1H3. The molecule has 1 aliphatic rings. The van der Waals surface area contributed by atoms with Gasteiger partial charge < -0.3 is 14.0 Å². The van der Waals surface area contributed by atoms with Crippen LogP contribution < -0.4 is 0 Å². The van der Waals surface area contributed by atoms with Gasteiger partial charge in [-0.1, -0.05) is 182 Å². The van der Waals surface area contributed by atoms with E-state index in [9.17, 15) is 0 Å². The number of fused-ring (bicyclic) bond motifs is 6. The lowest BCUT2D eigenvalue weighted by atomic mass is 10.1. The monoisotopic (exact) mass is 886 g/mol. The van der Waals surface area contributed by atoms with E-state index in [1.165, 1.54) is 21.5 Å². The van der Waals surface area contributed by atoms with Gasteiger partial charge in [-0.2, -0.15) is 0 Å². The summed E-state index contributed by atoms with van der Waals surface area (Å²) in [6.45, 7) is 0. The highest BCUT2D eigenvalue weighted by Crippen LogP contribution is 2.40. The van der Waals surface area contributed by atoms with E-state index in [4.69, 9.17) is 24.9 Å². The molecule has 0 amide bonds. The molecule has 1 unspecified atom stereocenters. The molecule has 8 heteroatoms. The van der Waals surface area contributed by atoms with Crippen molar-refractivity contribution in [2.24, 2.45) is 9.98 Å². The number of amidine groups is 2. The van der Waals surface area contributed by atoms with Crippen LogP contribution >= 0.6 is 0 Å². The van der Waals surface area contributed by atoms with E-state index < -0.39 is 0 Å². The van der Waals surface area contributed by atoms with Crippen molar-refractivity contribution >= 4 is 55.3 Å². The van der Waals surface area contributed by atoms with Crippen molar-refractivity contribution in [2.45, 2.75) is 6.17 Å². The Hall–Kier alpha value is -9.27. The third-order valence-electron chi connectivity index (χ3n) is 13.2. The maximum absolute atomic E-state index is 5.34. The van der Waals surface area contributed by atoms with Crippen LogP contribution in [0, 0.1) is 0 Å². The van der Waals surface area contributed by atoms with Crippen molar-refractivity contribution in [3.63, 3.8) is 0 Å². The Kier molecular flexibility index (Phi) is 9.61. The number of para-hydroxylation sites is 2. The Balaban J connectivity index is 0.988. The topological polar surface area (TPSA) is 76.5 Å². The molecule has 69 heavy (non-hydrogen) atoms. The third-order valence-corrected chi connectivity index (χ3v) is 13.2. The van der Waals surface area contributed by atoms with E-state index >= 15 is 0 Å². The largest absolute Gasteiger partial charge is 0.333 e. The lowest BCUT2D eigenvalue weighted by molar-refractivity contribution is 0.383. The van der Waals surface area contributed by atoms with Crippen molar-refractivity contribution in [1.82, 2.24) is 29.0 Å². The lowest BCUT2D eigenvalue weighted by Gasteiger charge is -2.32. The maximum Gasteiger partial charge on any atom is 0.164 e. The van der Waals surface area contributed by atoms with Gasteiger partial charge in [0.25, 0.3) is 0 Å². The summed E-state index contributed by atoms with van der Waals surface area (Å²) in [7, 11) is 2.07. The first-order valence-corrected chi connectivity index (χ1v) is 23.2. The molecular weight excluding hydrogens is 845 g/mol. The van der Waals surface area contributed by atoms with Crippen molar-refractivity contribution in [2.75, 3.05) is 7.05 Å². The van der Waals surface area contributed by atoms with Gasteiger partial charge in [-0.05, 0) is 54.1 Å². The molecule has 0 radical (unpaired) electrons. The van der Waals surface area contributed by atoms with Gasteiger partial charge in [0.1, 0.15) is 12.0 Å². The number of aliphatic imine (C=N–C) groups is 2. The first-order chi connectivity index (χ1) is 34.1. The smallest absolute Gasteiger partial charge is 0.164 e. The Morgan fingerprint density at radius 1 is 0.348 bits per heavy atom. The van der Waals surface area contributed by atoms with Gasteiger partial charge in [0.2, 0.25) is 0 Å². The fourth-order valence-electron chi connectivity index (χ4n) is 9.94. The summed E-state index contributed by atoms with van der Waals surface area (Å²) >= 11 is 0. The Morgan fingerprint density at radius 2 is 0.783 bits per heavy atom. The van der Waals surface area contributed by atoms with Crippen LogP contribution in [0.5, 0.6) is 0 Å². The van der Waals surface area contributed by atoms with E-state index in [-0.39, 0.29) is 6.17 Å². The number of aromatic nitrogens is 5. The number of benzene rings is 9. The molecule has 0 N–H and O–H groups in total. The SMILES string of the molecule is CN1C(c2ccccc2)=NC(c2cccc(-n3c4ccccc4c4cc5c6ccccc6n(-c6cccc(-c7nc(-c8ccccc8)nc(-c8ccccc8)n7)c6)c5cc43)c2)=NC1c1ccccc1. The Morgan fingerprint density at radius 3 is 1.33 bits per heavy atom. The molecule has 4 heterocycles. The minimum Gasteiger partial charge on any atom is -0.333 e. The summed E-state index contributed by atoms with van der Waals surface area (Å²) in [5.41, 5.74) is 12.3. The summed E-state index contributed by atoms with van der Waals surface area (Å²) in [6, 6.07) is 80.4. The number of hydrogen-bond acceptors (Lipinski definition) is 6. The van der Waals surface area contributed by atoms with Crippen molar-refractivity contribution in [3.05, 3.63) is 247 Å². The second kappa shape index (κ2) is 16.6. The highest BCUT2D eigenvalue weighted by atomic mass is 15.3. The molecule has 0 saturated carbocycles. The van der Waals surface area contributed by atoms with Crippen LogP contribution in [0.1, 0.15) is 22.9 Å². The zero-order chi connectivity index (χ0) is 45.8. The molecule has 0 aliphatic carbocycles. The second-order valence-electron chi connectivity index (χ2n) is 17.4. The minimum absolute atomic E-state index is 0.249. The van der Waals surface area contributed by atoms with E-state index in [1.807, 2.05) is 72.8 Å². The predicted molar refractivity (Wildman–Crippen MR) is 281 cm³/mol. The predicted octanol–water partition coefficient (Wildman–Crippen LogP) is 13.9. The van der Waals surface area contributed by atoms with Gasteiger partial charge in [-0.15, -0.1) is 0 Å². The van der Waals surface area contributed by atoms with Crippen molar-refractivity contribution in [1.29, 1.82) is 0 Å². The second-order valence-corrected chi connectivity index (χ2v) is 17.4. The average molecular weight is 887 g/mol. The summed E-state index contributed by atoms with van der Waals surface area (Å²) in [6.07, 6.45) is -0.249. The molecule has 0 bridgehead atoms. The van der Waals surface area contributed by atoms with E-state index in [0.29, 0.717) is 23.3 Å². The van der Waals surface area contributed by atoms with Crippen molar-refractivity contribution in [3.8, 4) is 45.5 Å². The van der Waals surface area contributed by atoms with Crippen LogP contribution in [-0.4, -0.2) is 47.7 Å². The first-order valence-electron chi connectivity index (χ1n) is 23.2. The summed E-state index contributed by atoms with van der Waals surface area (Å²) < 4.78 is 4.76. The zero-order valence-corrected chi connectivity index (χ0v) is 37.6. The normalized spacial score (nSPS) is 13.9. The molecule has 9 aromatic carbocycles. The fraction of sp³-hybridized carbons (Fsp3) is 0.0328. The zero-order valence-electron chi connectivity index (χ0n) is 37.6. The molecule has 8 nitrogen and oxygen atoms in total. The van der Waals surface area contributed by atoms with Crippen LogP contribution in [0.15, 0.2) is 241 Å². The van der Waals surface area contributed by atoms with E-state index in [1.54, 1.807) is 0 Å². The highest BCUT2D eigenvalue weighted by molar-refractivity contribution is 6.19. The molecular formula is C61H42N8. The van der Waals surface area contributed by atoms with Gasteiger partial charge in [0, 0.05) is 67.8 Å². The van der Waals surface area contributed by atoms with Crippen LogP contribution in [0.25, 0.3) is 89.2 Å². The molecule has 0 spiro atoms. The number of rotatable bonds is 8. The summed E-state index contributed by atoms with van der Waals surface area (Å²) in [5, 5.41) is 4.71. The average Bonchev–Trinajstić information content (AvgIpc) is 3.93. The van der Waals surface area contributed by atoms with Crippen molar-refractivity contribution < 1.29 is 0 Å². The molecule has 3 aromatic heterocycles. The van der Waals surface area contributed by atoms with E-state index in [0.717, 1.165) is 72.7 Å². The molecule has 13 rings (SSSR count). The first kappa shape index (κ1) is 40.0. The molecule has 326 valence electrons. The quantitative estimate of drug-likeness (QED) is 0.152. The molecule has 0 saturated heterocycles. The van der Waals surface area contributed by atoms with Gasteiger partial charge in [-0.3, -0.25) is 0 Å². The summed E-state index contributed by atoms with van der Waals surface area (Å²) in [5.74, 6) is 3.43. The minimum atomic E-state index is -0.249. The number of hydrogen-bond donors (Lipinski definition) is 0. The Labute approximate surface area is 398 Å². The Bertz CT molecular complexity index is 3910. The van der Waals surface area contributed by atoms with Gasteiger partial charge in [0.05, 0.1) is 22.1 Å². The lowest BCUT2D eigenvalue weighted by Crippen LogP contribution is -2.35. The third kappa shape index (κ3) is 6.97. The molecule has 12 aromatic rings. The molecule has 1 atom stereocenters. The van der Waals surface area contributed by atoms with Crippen LogP contribution in [0.2, 0.25) is 0 Å². The van der Waals surface area contributed by atoms with Crippen LogP contribution in [-0.2, 0) is 0 Å². The highest BCUT2D eigenvalue weighted by Gasteiger charge is 2.27. The van der Waals surface area contributed by atoms with Gasteiger partial charge in [-0.25, -0.2) is 24.9 Å². The number of nitrogens with zero attached hydrogens (tertiary/aromatic N) is 8. The van der Waals surface area contributed by atoms with Crippen LogP contribution in [0.3, 0.4) is 0 Å². The summed E-state index contributed by atoms with van der Waals surface area (Å²) in [4.78, 5) is 27.9. The van der Waals surface area contributed by atoms with Gasteiger partial charge in [0.15, 0.2) is 23.3 Å². The molecule has 1 aliphatic heterocycles. The van der Waals surface area contributed by atoms with Gasteiger partial charge >= 0.3 is 0 Å².